The highest BCUT2D eigenvalue weighted by Crippen LogP contribution is 2.31. The molecule has 2 aromatic heterocycles. The number of benzene rings is 2. The summed E-state index contributed by atoms with van der Waals surface area (Å²) in [6, 6.07) is 11.5. The normalized spacial score (nSPS) is 10.9. The Morgan fingerprint density at radius 3 is 2.71 bits per heavy atom. The van der Waals surface area contributed by atoms with Gasteiger partial charge in [-0.1, -0.05) is 29.8 Å². The Kier molecular flexibility index (Phi) is 5.53. The third kappa shape index (κ3) is 4.05. The SMILES string of the molecule is Cc1c(NC(=O)Cn2cnc3scc(-c4ccc(Cl)cc4)c3c2=O)cccc1[N+](=O)[O-]. The lowest BCUT2D eigenvalue weighted by Gasteiger charge is -2.10. The Labute approximate surface area is 184 Å². The van der Waals surface area contributed by atoms with E-state index >= 15 is 0 Å². The third-order valence-electron chi connectivity index (χ3n) is 4.81. The van der Waals surface area contributed by atoms with Gasteiger partial charge in [0, 0.05) is 22.0 Å². The van der Waals surface area contributed by atoms with Crippen LogP contribution in [0, 0.1) is 17.0 Å². The van der Waals surface area contributed by atoms with Crippen LogP contribution in [-0.2, 0) is 11.3 Å². The van der Waals surface area contributed by atoms with E-state index in [2.05, 4.69) is 10.3 Å². The fourth-order valence-corrected chi connectivity index (χ4v) is 4.26. The molecule has 0 aliphatic heterocycles. The number of nitro benzene ring substituents is 1. The van der Waals surface area contributed by atoms with E-state index in [1.165, 1.54) is 34.4 Å². The van der Waals surface area contributed by atoms with Crippen LogP contribution in [0.1, 0.15) is 5.56 Å². The molecule has 1 N–H and O–H groups in total. The van der Waals surface area contributed by atoms with Gasteiger partial charge in [0.05, 0.1) is 27.9 Å². The van der Waals surface area contributed by atoms with Gasteiger partial charge in [-0.05, 0) is 30.7 Å². The number of anilines is 1. The minimum absolute atomic E-state index is 0.0936. The van der Waals surface area contributed by atoms with Gasteiger partial charge >= 0.3 is 0 Å². The van der Waals surface area contributed by atoms with Gasteiger partial charge in [0.1, 0.15) is 11.4 Å². The summed E-state index contributed by atoms with van der Waals surface area (Å²) in [5, 5.41) is 16.6. The lowest BCUT2D eigenvalue weighted by Crippen LogP contribution is -2.28. The number of carbonyl (C=O) groups is 1. The van der Waals surface area contributed by atoms with Crippen LogP contribution < -0.4 is 10.9 Å². The molecule has 0 aliphatic rings. The predicted octanol–water partition coefficient (Wildman–Crippen LogP) is 4.63. The molecule has 1 amide bonds. The number of amides is 1. The molecule has 0 atom stereocenters. The van der Waals surface area contributed by atoms with E-state index in [-0.39, 0.29) is 17.8 Å². The highest BCUT2D eigenvalue weighted by molar-refractivity contribution is 7.17. The average Bonchev–Trinajstić information content (AvgIpc) is 3.17. The van der Waals surface area contributed by atoms with E-state index in [0.29, 0.717) is 26.5 Å². The molecule has 0 fully saturated rings. The van der Waals surface area contributed by atoms with E-state index in [1.807, 2.05) is 17.5 Å². The maximum atomic E-state index is 13.1. The summed E-state index contributed by atoms with van der Waals surface area (Å²) >= 11 is 7.29. The van der Waals surface area contributed by atoms with Gasteiger partial charge < -0.3 is 5.32 Å². The first-order valence-corrected chi connectivity index (χ1v) is 10.4. The van der Waals surface area contributed by atoms with Gasteiger partial charge in [0.25, 0.3) is 11.2 Å². The zero-order valence-electron chi connectivity index (χ0n) is 16.2. The Morgan fingerprint density at radius 1 is 1.26 bits per heavy atom. The van der Waals surface area contributed by atoms with Gasteiger partial charge in [-0.25, -0.2) is 4.98 Å². The molecule has 2 heterocycles. The second kappa shape index (κ2) is 8.29. The van der Waals surface area contributed by atoms with Crippen LogP contribution in [0.4, 0.5) is 11.4 Å². The number of thiophene rings is 1. The zero-order valence-corrected chi connectivity index (χ0v) is 17.7. The molecule has 10 heteroatoms. The van der Waals surface area contributed by atoms with Crippen LogP contribution in [0.15, 0.2) is 59.0 Å². The van der Waals surface area contributed by atoms with Crippen LogP contribution in [0.25, 0.3) is 21.3 Å². The minimum Gasteiger partial charge on any atom is -0.324 e. The van der Waals surface area contributed by atoms with Crippen molar-refractivity contribution in [2.75, 3.05) is 5.32 Å². The van der Waals surface area contributed by atoms with Crippen molar-refractivity contribution in [3.05, 3.63) is 85.2 Å². The smallest absolute Gasteiger partial charge is 0.274 e. The molecule has 31 heavy (non-hydrogen) atoms. The van der Waals surface area contributed by atoms with Gasteiger partial charge in [0.2, 0.25) is 5.91 Å². The number of halogens is 1. The van der Waals surface area contributed by atoms with Gasteiger partial charge in [-0.15, -0.1) is 11.3 Å². The second-order valence-electron chi connectivity index (χ2n) is 6.77. The highest BCUT2D eigenvalue weighted by Gasteiger charge is 2.17. The number of nitro groups is 1. The van der Waals surface area contributed by atoms with Crippen molar-refractivity contribution in [2.45, 2.75) is 13.5 Å². The topological polar surface area (TPSA) is 107 Å². The van der Waals surface area contributed by atoms with E-state index in [4.69, 9.17) is 11.6 Å². The Morgan fingerprint density at radius 2 is 2.00 bits per heavy atom. The average molecular weight is 455 g/mol. The number of rotatable bonds is 5. The Balaban J connectivity index is 1.64. The molecule has 0 aliphatic carbocycles. The molecule has 0 spiro atoms. The summed E-state index contributed by atoms with van der Waals surface area (Å²) in [6.07, 6.45) is 1.33. The summed E-state index contributed by atoms with van der Waals surface area (Å²) in [5.74, 6) is -0.491. The number of nitrogens with one attached hydrogen (secondary N) is 1. The summed E-state index contributed by atoms with van der Waals surface area (Å²) in [6.45, 7) is 1.27. The Bertz CT molecular complexity index is 1380. The van der Waals surface area contributed by atoms with E-state index in [1.54, 1.807) is 25.1 Å². The fraction of sp³-hybridized carbons (Fsp3) is 0.0952. The van der Waals surface area contributed by atoms with Crippen molar-refractivity contribution in [3.8, 4) is 11.1 Å². The summed E-state index contributed by atoms with van der Waals surface area (Å²) in [4.78, 5) is 41.1. The Hall–Kier alpha value is -3.56. The van der Waals surface area contributed by atoms with Crippen molar-refractivity contribution >= 4 is 50.4 Å². The van der Waals surface area contributed by atoms with E-state index in [9.17, 15) is 19.7 Å². The molecule has 8 nitrogen and oxygen atoms in total. The number of fused-ring (bicyclic) bond motifs is 1. The molecule has 0 radical (unpaired) electrons. The second-order valence-corrected chi connectivity index (χ2v) is 8.06. The number of hydrogen-bond acceptors (Lipinski definition) is 6. The van der Waals surface area contributed by atoms with E-state index in [0.717, 1.165) is 11.1 Å². The van der Waals surface area contributed by atoms with Crippen molar-refractivity contribution in [3.63, 3.8) is 0 Å². The fourth-order valence-electron chi connectivity index (χ4n) is 3.22. The number of nitrogens with zero attached hydrogens (tertiary/aromatic N) is 3. The van der Waals surface area contributed by atoms with Crippen molar-refractivity contribution in [1.82, 2.24) is 9.55 Å². The van der Waals surface area contributed by atoms with Crippen LogP contribution >= 0.6 is 22.9 Å². The largest absolute Gasteiger partial charge is 0.324 e. The predicted molar refractivity (Wildman–Crippen MR) is 121 cm³/mol. The third-order valence-corrected chi connectivity index (χ3v) is 5.94. The van der Waals surface area contributed by atoms with Crippen LogP contribution in [0.5, 0.6) is 0 Å². The molecule has 0 saturated heterocycles. The zero-order chi connectivity index (χ0) is 22.1. The molecule has 2 aromatic carbocycles. The minimum atomic E-state index is -0.512. The summed E-state index contributed by atoms with van der Waals surface area (Å²) in [5.41, 5.74) is 1.76. The lowest BCUT2D eigenvalue weighted by atomic mass is 10.1. The molecule has 0 unspecified atom stereocenters. The molecule has 0 bridgehead atoms. The first-order valence-electron chi connectivity index (χ1n) is 9.11. The molecular weight excluding hydrogens is 440 g/mol. The van der Waals surface area contributed by atoms with Crippen LogP contribution in [-0.4, -0.2) is 20.4 Å². The highest BCUT2D eigenvalue weighted by atomic mass is 35.5. The first-order chi connectivity index (χ1) is 14.8. The maximum Gasteiger partial charge on any atom is 0.274 e. The summed E-state index contributed by atoms with van der Waals surface area (Å²) in [7, 11) is 0. The van der Waals surface area contributed by atoms with Crippen molar-refractivity contribution in [1.29, 1.82) is 0 Å². The van der Waals surface area contributed by atoms with E-state index < -0.39 is 10.8 Å². The molecule has 0 saturated carbocycles. The first kappa shape index (κ1) is 20.7. The standard InChI is InChI=1S/C21H15ClN4O4S/c1-12-16(3-2-4-17(12)26(29)30)24-18(27)9-25-11-23-20-19(21(25)28)15(10-31-20)13-5-7-14(22)8-6-13/h2-8,10-11H,9H2,1H3,(H,24,27). The monoisotopic (exact) mass is 454 g/mol. The number of hydrogen-bond donors (Lipinski definition) is 1. The maximum absolute atomic E-state index is 13.1. The van der Waals surface area contributed by atoms with Crippen molar-refractivity contribution in [2.24, 2.45) is 0 Å². The van der Waals surface area contributed by atoms with Crippen LogP contribution in [0.3, 0.4) is 0 Å². The quantitative estimate of drug-likeness (QED) is 0.349. The van der Waals surface area contributed by atoms with Crippen LogP contribution in [0.2, 0.25) is 5.02 Å². The van der Waals surface area contributed by atoms with Gasteiger partial charge in [-0.2, -0.15) is 0 Å². The number of carbonyl (C=O) groups excluding carboxylic acids is 1. The van der Waals surface area contributed by atoms with Gasteiger partial charge in [-0.3, -0.25) is 24.3 Å². The number of aromatic nitrogens is 2. The van der Waals surface area contributed by atoms with Crippen molar-refractivity contribution < 1.29 is 9.72 Å². The molecular formula is C21H15ClN4O4S. The van der Waals surface area contributed by atoms with Gasteiger partial charge in [0.15, 0.2) is 0 Å². The summed E-state index contributed by atoms with van der Waals surface area (Å²) < 4.78 is 1.22. The lowest BCUT2D eigenvalue weighted by molar-refractivity contribution is -0.385. The molecule has 156 valence electrons. The molecule has 4 aromatic rings. The molecule has 4 rings (SSSR count).